The van der Waals surface area contributed by atoms with Gasteiger partial charge in [0.25, 0.3) is 0 Å². The molecular weight excluding hydrogens is 264 g/mol. The van der Waals surface area contributed by atoms with E-state index >= 15 is 0 Å². The third-order valence-electron chi connectivity index (χ3n) is 1.70. The van der Waals surface area contributed by atoms with Crippen molar-refractivity contribution in [2.75, 3.05) is 11.9 Å². The van der Waals surface area contributed by atoms with Gasteiger partial charge in [-0.3, -0.25) is 5.32 Å². The minimum Gasteiger partial charge on any atom is -0.506 e. The summed E-state index contributed by atoms with van der Waals surface area (Å²) in [7, 11) is 0. The molecule has 3 N–H and O–H groups in total. The van der Waals surface area contributed by atoms with E-state index < -0.39 is 6.09 Å². The van der Waals surface area contributed by atoms with Gasteiger partial charge >= 0.3 is 6.09 Å². The van der Waals surface area contributed by atoms with E-state index in [0.717, 1.165) is 0 Å². The van der Waals surface area contributed by atoms with Gasteiger partial charge in [0.1, 0.15) is 5.75 Å². The zero-order chi connectivity index (χ0) is 12.8. The Kier molecular flexibility index (Phi) is 4.99. The smallest absolute Gasteiger partial charge is 0.413 e. The largest absolute Gasteiger partial charge is 0.506 e. The van der Waals surface area contributed by atoms with Crippen LogP contribution in [0.4, 0.5) is 10.5 Å². The number of carbonyl (C=O) groups is 1. The number of nitrogens with one attached hydrogen (secondary N) is 2. The summed E-state index contributed by atoms with van der Waals surface area (Å²) in [5.74, 6) is -0.0255. The van der Waals surface area contributed by atoms with Crippen LogP contribution in [0.3, 0.4) is 0 Å². The van der Waals surface area contributed by atoms with Crippen molar-refractivity contribution in [1.82, 2.24) is 5.32 Å². The zero-order valence-corrected chi connectivity index (χ0v) is 10.6. The summed E-state index contributed by atoms with van der Waals surface area (Å²) in [6.07, 6.45) is -0.661. The average Bonchev–Trinajstić information content (AvgIpc) is 2.23. The van der Waals surface area contributed by atoms with Crippen LogP contribution in [-0.2, 0) is 4.74 Å². The Balaban J connectivity index is 2.62. The molecular formula is C10H11ClN2O3S. The molecule has 17 heavy (non-hydrogen) atoms. The number of benzene rings is 1. The van der Waals surface area contributed by atoms with Crippen LogP contribution in [0.25, 0.3) is 0 Å². The van der Waals surface area contributed by atoms with Crippen molar-refractivity contribution in [3.8, 4) is 5.75 Å². The molecule has 0 saturated carbocycles. The molecule has 1 aromatic rings. The number of ether oxygens (including phenoxy) is 1. The lowest BCUT2D eigenvalue weighted by molar-refractivity contribution is 0.158. The maximum Gasteiger partial charge on any atom is 0.413 e. The molecule has 7 heteroatoms. The molecule has 0 aliphatic heterocycles. The van der Waals surface area contributed by atoms with E-state index in [2.05, 4.69) is 15.4 Å². The molecule has 0 saturated heterocycles. The summed E-state index contributed by atoms with van der Waals surface area (Å²) < 4.78 is 4.64. The Hall–Kier alpha value is -1.53. The van der Waals surface area contributed by atoms with Crippen molar-refractivity contribution in [3.05, 3.63) is 23.2 Å². The summed E-state index contributed by atoms with van der Waals surface area (Å²) in [5, 5.41) is 14.9. The number of anilines is 1. The van der Waals surface area contributed by atoms with E-state index in [0.29, 0.717) is 10.7 Å². The average molecular weight is 275 g/mol. The molecule has 0 spiro atoms. The lowest BCUT2D eigenvalue weighted by Gasteiger charge is -2.10. The number of thiocarbonyl (C=S) groups is 1. The Morgan fingerprint density at radius 2 is 2.29 bits per heavy atom. The molecule has 0 aliphatic rings. The Labute approximate surface area is 109 Å². The number of phenols is 1. The van der Waals surface area contributed by atoms with Crippen LogP contribution < -0.4 is 10.6 Å². The van der Waals surface area contributed by atoms with Gasteiger partial charge in [0.05, 0.1) is 12.3 Å². The van der Waals surface area contributed by atoms with Crippen LogP contribution in [-0.4, -0.2) is 22.9 Å². The van der Waals surface area contributed by atoms with E-state index in [9.17, 15) is 9.90 Å². The molecule has 5 nitrogen and oxygen atoms in total. The highest BCUT2D eigenvalue weighted by Crippen LogP contribution is 2.26. The van der Waals surface area contributed by atoms with Crippen LogP contribution in [0.1, 0.15) is 6.92 Å². The highest BCUT2D eigenvalue weighted by molar-refractivity contribution is 7.80. The molecule has 0 unspecified atom stereocenters. The normalized spacial score (nSPS) is 9.53. The summed E-state index contributed by atoms with van der Waals surface area (Å²) in [5.41, 5.74) is 0.305. The molecule has 1 rings (SSSR count). The Morgan fingerprint density at radius 3 is 2.94 bits per heavy atom. The first-order chi connectivity index (χ1) is 8.02. The SMILES string of the molecule is CCOC(=O)NC(=S)Nc1cc(Cl)ccc1O. The van der Waals surface area contributed by atoms with Crippen LogP contribution in [0.2, 0.25) is 5.02 Å². The van der Waals surface area contributed by atoms with Gasteiger partial charge in [0, 0.05) is 5.02 Å². The molecule has 1 amide bonds. The van der Waals surface area contributed by atoms with Gasteiger partial charge in [0.15, 0.2) is 5.11 Å². The van der Waals surface area contributed by atoms with E-state index in [1.807, 2.05) is 0 Å². The number of rotatable bonds is 2. The van der Waals surface area contributed by atoms with Crippen molar-refractivity contribution in [2.24, 2.45) is 0 Å². The predicted octanol–water partition coefficient (Wildman–Crippen LogP) is 2.49. The third kappa shape index (κ3) is 4.46. The Bertz CT molecular complexity index is 440. The van der Waals surface area contributed by atoms with Crippen LogP contribution in [0.15, 0.2) is 18.2 Å². The first-order valence-corrected chi connectivity index (χ1v) is 5.54. The fraction of sp³-hybridized carbons (Fsp3) is 0.200. The quantitative estimate of drug-likeness (QED) is 0.571. The number of alkyl carbamates (subject to hydrolysis) is 1. The summed E-state index contributed by atoms with van der Waals surface area (Å²) >= 11 is 10.6. The van der Waals surface area contributed by atoms with Crippen LogP contribution in [0.5, 0.6) is 5.75 Å². The third-order valence-corrected chi connectivity index (χ3v) is 2.14. The first-order valence-electron chi connectivity index (χ1n) is 4.76. The molecule has 0 fully saturated rings. The number of amides is 1. The maximum atomic E-state index is 11.0. The molecule has 0 atom stereocenters. The van der Waals surface area contributed by atoms with Gasteiger partial charge in [-0.2, -0.15) is 0 Å². The van der Waals surface area contributed by atoms with E-state index in [4.69, 9.17) is 23.8 Å². The second-order valence-electron chi connectivity index (χ2n) is 2.96. The van der Waals surface area contributed by atoms with Gasteiger partial charge < -0.3 is 15.2 Å². The summed E-state index contributed by atoms with van der Waals surface area (Å²) in [6.45, 7) is 1.93. The molecule has 0 heterocycles. The van der Waals surface area contributed by atoms with E-state index in [1.165, 1.54) is 18.2 Å². The van der Waals surface area contributed by atoms with Gasteiger partial charge in [-0.05, 0) is 37.3 Å². The fourth-order valence-corrected chi connectivity index (χ4v) is 1.39. The molecule has 0 radical (unpaired) electrons. The second kappa shape index (κ2) is 6.27. The van der Waals surface area contributed by atoms with E-state index in [1.54, 1.807) is 6.92 Å². The highest BCUT2D eigenvalue weighted by atomic mass is 35.5. The summed E-state index contributed by atoms with van der Waals surface area (Å²) in [4.78, 5) is 11.0. The van der Waals surface area contributed by atoms with Gasteiger partial charge in [-0.1, -0.05) is 11.6 Å². The van der Waals surface area contributed by atoms with Crippen molar-refractivity contribution < 1.29 is 14.6 Å². The minimum absolute atomic E-state index is 0.0148. The van der Waals surface area contributed by atoms with Crippen molar-refractivity contribution in [3.63, 3.8) is 0 Å². The number of hydrogen-bond donors (Lipinski definition) is 3. The predicted molar refractivity (Wildman–Crippen MR) is 69.5 cm³/mol. The van der Waals surface area contributed by atoms with Crippen molar-refractivity contribution >= 4 is 40.7 Å². The van der Waals surface area contributed by atoms with Gasteiger partial charge in [-0.15, -0.1) is 0 Å². The number of phenolic OH excluding ortho intramolecular Hbond substituents is 1. The zero-order valence-electron chi connectivity index (χ0n) is 8.99. The molecule has 1 aromatic carbocycles. The number of aromatic hydroxyl groups is 1. The molecule has 0 bridgehead atoms. The van der Waals surface area contributed by atoms with Crippen LogP contribution in [0, 0.1) is 0 Å². The Morgan fingerprint density at radius 1 is 1.59 bits per heavy atom. The van der Waals surface area contributed by atoms with E-state index in [-0.39, 0.29) is 17.5 Å². The van der Waals surface area contributed by atoms with Gasteiger partial charge in [-0.25, -0.2) is 4.79 Å². The first kappa shape index (κ1) is 13.5. The van der Waals surface area contributed by atoms with Gasteiger partial charge in [0.2, 0.25) is 0 Å². The monoisotopic (exact) mass is 274 g/mol. The number of hydrogen-bond acceptors (Lipinski definition) is 4. The highest BCUT2D eigenvalue weighted by Gasteiger charge is 2.07. The van der Waals surface area contributed by atoms with Crippen molar-refractivity contribution in [1.29, 1.82) is 0 Å². The topological polar surface area (TPSA) is 70.6 Å². The molecule has 0 aliphatic carbocycles. The standard InChI is InChI=1S/C10H11ClN2O3S/c1-2-16-10(15)13-9(17)12-7-5-6(11)3-4-8(7)14/h3-5,14H,2H2,1H3,(H2,12,13,15,17). The summed E-state index contributed by atoms with van der Waals surface area (Å²) in [6, 6.07) is 4.43. The minimum atomic E-state index is -0.661. The lowest BCUT2D eigenvalue weighted by atomic mass is 10.3. The van der Waals surface area contributed by atoms with Crippen molar-refractivity contribution in [2.45, 2.75) is 6.92 Å². The maximum absolute atomic E-state index is 11.0. The number of carbonyl (C=O) groups excluding carboxylic acids is 1. The fourth-order valence-electron chi connectivity index (χ4n) is 1.02. The molecule has 92 valence electrons. The lowest BCUT2D eigenvalue weighted by Crippen LogP contribution is -2.34. The number of halogens is 1. The van der Waals surface area contributed by atoms with Crippen LogP contribution >= 0.6 is 23.8 Å². The second-order valence-corrected chi connectivity index (χ2v) is 3.81. The molecule has 0 aromatic heterocycles.